The Hall–Kier alpha value is -2.51. The highest BCUT2D eigenvalue weighted by atomic mass is 16.2. The van der Waals surface area contributed by atoms with Crippen molar-refractivity contribution >= 4 is 16.7 Å². The summed E-state index contributed by atoms with van der Waals surface area (Å²) in [5, 5.41) is 12.0. The third-order valence-electron chi connectivity index (χ3n) is 2.70. The Balaban J connectivity index is 2.70. The molecule has 0 aliphatic rings. The van der Waals surface area contributed by atoms with E-state index in [-0.39, 0.29) is 5.56 Å². The van der Waals surface area contributed by atoms with Crippen LogP contribution in [0.2, 0.25) is 0 Å². The molecule has 0 radical (unpaired) electrons. The number of nitrogens with zero attached hydrogens (tertiary/aromatic N) is 6. The molecule has 0 unspecified atom stereocenters. The van der Waals surface area contributed by atoms with Crippen molar-refractivity contribution in [3.63, 3.8) is 0 Å². The number of hydrogen-bond donors (Lipinski definition) is 0. The minimum absolute atomic E-state index is 0.311. The number of fused-ring (bicyclic) bond motifs is 2. The summed E-state index contributed by atoms with van der Waals surface area (Å²) in [6.07, 6.45) is 1.41. The van der Waals surface area contributed by atoms with E-state index in [0.717, 1.165) is 4.57 Å². The molecule has 0 amide bonds. The van der Waals surface area contributed by atoms with Gasteiger partial charge in [0.05, 0.1) is 5.39 Å². The van der Waals surface area contributed by atoms with Crippen LogP contribution in [0, 0.1) is 0 Å². The molecule has 17 heavy (non-hydrogen) atoms. The zero-order chi connectivity index (χ0) is 12.2. The Morgan fingerprint density at radius 1 is 1.18 bits per heavy atom. The van der Waals surface area contributed by atoms with Crippen molar-refractivity contribution in [3.8, 4) is 0 Å². The maximum absolute atomic E-state index is 11.9. The molecule has 3 aromatic heterocycles. The lowest BCUT2D eigenvalue weighted by atomic mass is 10.3. The van der Waals surface area contributed by atoms with Gasteiger partial charge in [0, 0.05) is 20.2 Å². The topological polar surface area (TPSA) is 87.1 Å². The molecule has 0 saturated heterocycles. The first kappa shape index (κ1) is 9.70. The molecule has 0 aliphatic carbocycles. The standard InChI is InChI=1S/C9H8N6O2/c1-13-7-5(8(16)14(2)9(13)17)3-6-11-10-4-15(6)12-7/h3-4H,1-2H3. The van der Waals surface area contributed by atoms with E-state index >= 15 is 0 Å². The smallest absolute Gasteiger partial charge is 0.279 e. The molecule has 3 heterocycles. The Morgan fingerprint density at radius 3 is 2.71 bits per heavy atom. The van der Waals surface area contributed by atoms with Crippen LogP contribution in [0.15, 0.2) is 22.0 Å². The average Bonchev–Trinajstić information content (AvgIpc) is 2.79. The second-order valence-corrected chi connectivity index (χ2v) is 3.72. The summed E-state index contributed by atoms with van der Waals surface area (Å²) in [6, 6.07) is 1.57. The fourth-order valence-corrected chi connectivity index (χ4v) is 1.75. The quantitative estimate of drug-likeness (QED) is 0.479. The molecular formula is C9H8N6O2. The number of aromatic nitrogens is 6. The Morgan fingerprint density at radius 2 is 1.94 bits per heavy atom. The normalized spacial score (nSPS) is 11.4. The molecule has 0 spiro atoms. The molecule has 8 heteroatoms. The van der Waals surface area contributed by atoms with Crippen molar-refractivity contribution in [2.75, 3.05) is 0 Å². The van der Waals surface area contributed by atoms with E-state index < -0.39 is 5.69 Å². The largest absolute Gasteiger partial charge is 0.332 e. The van der Waals surface area contributed by atoms with Gasteiger partial charge in [-0.15, -0.1) is 15.3 Å². The predicted octanol–water partition coefficient (Wildman–Crippen LogP) is -1.33. The minimum atomic E-state index is -0.414. The van der Waals surface area contributed by atoms with E-state index in [2.05, 4.69) is 15.3 Å². The van der Waals surface area contributed by atoms with Gasteiger partial charge >= 0.3 is 5.69 Å². The van der Waals surface area contributed by atoms with E-state index in [1.807, 2.05) is 0 Å². The van der Waals surface area contributed by atoms with Crippen LogP contribution in [0.5, 0.6) is 0 Å². The Labute approximate surface area is 93.7 Å². The van der Waals surface area contributed by atoms with Gasteiger partial charge in [-0.1, -0.05) is 0 Å². The second kappa shape index (κ2) is 3.00. The average molecular weight is 232 g/mol. The van der Waals surface area contributed by atoms with Gasteiger partial charge in [0.2, 0.25) is 0 Å². The SMILES string of the molecule is Cn1c(=O)c2cc3nncn3nc2n(C)c1=O. The molecule has 86 valence electrons. The summed E-state index contributed by atoms with van der Waals surface area (Å²) >= 11 is 0. The van der Waals surface area contributed by atoms with Crippen LogP contribution in [0.4, 0.5) is 0 Å². The van der Waals surface area contributed by atoms with Gasteiger partial charge in [0.1, 0.15) is 6.33 Å². The van der Waals surface area contributed by atoms with Crippen LogP contribution in [0.1, 0.15) is 0 Å². The van der Waals surface area contributed by atoms with E-state index in [0.29, 0.717) is 16.7 Å². The highest BCUT2D eigenvalue weighted by Gasteiger charge is 2.11. The van der Waals surface area contributed by atoms with Gasteiger partial charge in [-0.05, 0) is 0 Å². The van der Waals surface area contributed by atoms with Crippen LogP contribution >= 0.6 is 0 Å². The molecule has 8 nitrogen and oxygen atoms in total. The molecule has 0 N–H and O–H groups in total. The van der Waals surface area contributed by atoms with Crippen LogP contribution in [0.25, 0.3) is 16.7 Å². The summed E-state index contributed by atoms with van der Waals surface area (Å²) in [6.45, 7) is 0. The first-order valence-electron chi connectivity index (χ1n) is 4.86. The number of hydrogen-bond acceptors (Lipinski definition) is 5. The lowest BCUT2D eigenvalue weighted by Gasteiger charge is -2.05. The second-order valence-electron chi connectivity index (χ2n) is 3.72. The van der Waals surface area contributed by atoms with Crippen LogP contribution < -0.4 is 11.2 Å². The lowest BCUT2D eigenvalue weighted by Crippen LogP contribution is -2.37. The van der Waals surface area contributed by atoms with E-state index in [9.17, 15) is 9.59 Å². The van der Waals surface area contributed by atoms with Crippen molar-refractivity contribution in [3.05, 3.63) is 33.2 Å². The van der Waals surface area contributed by atoms with Crippen molar-refractivity contribution in [2.45, 2.75) is 0 Å². The summed E-state index contributed by atoms with van der Waals surface area (Å²) in [5.41, 5.74) is -0.0258. The van der Waals surface area contributed by atoms with Gasteiger partial charge in [0.25, 0.3) is 5.56 Å². The fraction of sp³-hybridized carbons (Fsp3) is 0.222. The van der Waals surface area contributed by atoms with Crippen molar-refractivity contribution < 1.29 is 0 Å². The van der Waals surface area contributed by atoms with Gasteiger partial charge in [-0.2, -0.15) is 4.52 Å². The maximum atomic E-state index is 11.9. The van der Waals surface area contributed by atoms with E-state index in [4.69, 9.17) is 0 Å². The highest BCUT2D eigenvalue weighted by Crippen LogP contribution is 2.05. The first-order chi connectivity index (χ1) is 8.09. The zero-order valence-corrected chi connectivity index (χ0v) is 9.15. The number of aryl methyl sites for hydroxylation is 1. The van der Waals surface area contributed by atoms with Gasteiger partial charge in [-0.3, -0.25) is 13.9 Å². The maximum Gasteiger partial charge on any atom is 0.332 e. The van der Waals surface area contributed by atoms with Crippen LogP contribution in [-0.4, -0.2) is 28.9 Å². The molecular weight excluding hydrogens is 224 g/mol. The predicted molar refractivity (Wildman–Crippen MR) is 58.8 cm³/mol. The van der Waals surface area contributed by atoms with E-state index in [1.54, 1.807) is 13.1 Å². The van der Waals surface area contributed by atoms with Crippen molar-refractivity contribution in [1.82, 2.24) is 28.9 Å². The molecule has 3 aromatic rings. The molecule has 0 saturated carbocycles. The Bertz CT molecular complexity index is 855. The molecule has 0 atom stereocenters. The highest BCUT2D eigenvalue weighted by molar-refractivity contribution is 5.76. The Kier molecular flexibility index (Phi) is 1.71. The summed E-state index contributed by atoms with van der Waals surface area (Å²) < 4.78 is 3.77. The van der Waals surface area contributed by atoms with E-state index in [1.165, 1.54) is 22.5 Å². The summed E-state index contributed by atoms with van der Waals surface area (Å²) in [7, 11) is 2.99. The molecule has 0 aromatic carbocycles. The third-order valence-corrected chi connectivity index (χ3v) is 2.70. The monoisotopic (exact) mass is 232 g/mol. The minimum Gasteiger partial charge on any atom is -0.279 e. The van der Waals surface area contributed by atoms with Gasteiger partial charge < -0.3 is 0 Å². The van der Waals surface area contributed by atoms with Crippen molar-refractivity contribution in [1.29, 1.82) is 0 Å². The number of rotatable bonds is 0. The molecule has 0 bridgehead atoms. The van der Waals surface area contributed by atoms with Gasteiger partial charge in [-0.25, -0.2) is 4.79 Å². The lowest BCUT2D eigenvalue weighted by molar-refractivity contribution is 0.700. The zero-order valence-electron chi connectivity index (χ0n) is 9.15. The first-order valence-corrected chi connectivity index (χ1v) is 4.86. The van der Waals surface area contributed by atoms with Crippen molar-refractivity contribution in [2.24, 2.45) is 14.1 Å². The summed E-state index contributed by atoms with van der Waals surface area (Å²) in [4.78, 5) is 23.6. The third kappa shape index (κ3) is 1.14. The molecule has 3 rings (SSSR count). The van der Waals surface area contributed by atoms with Crippen LogP contribution in [-0.2, 0) is 14.1 Å². The van der Waals surface area contributed by atoms with Gasteiger partial charge in [0.15, 0.2) is 11.3 Å². The fourth-order valence-electron chi connectivity index (χ4n) is 1.75. The molecule has 0 fully saturated rings. The molecule has 0 aliphatic heterocycles. The summed E-state index contributed by atoms with van der Waals surface area (Å²) in [5.74, 6) is 0. The van der Waals surface area contributed by atoms with Crippen LogP contribution in [0.3, 0.4) is 0 Å².